The van der Waals surface area contributed by atoms with Crippen LogP contribution in [-0.2, 0) is 0 Å². The molecule has 0 radical (unpaired) electrons. The first-order chi connectivity index (χ1) is 33.2. The van der Waals surface area contributed by atoms with Crippen LogP contribution in [0.25, 0.3) is 109 Å². The van der Waals surface area contributed by atoms with Crippen molar-refractivity contribution < 1.29 is 4.42 Å². The SMILES string of the molecule is c1ccc(-c2ccc(N(c3ccc(-c4ccc(-c5ccc6ccccc6c5)cc4)cc3)c3ccc(-c4ccccc4-c4cccc5oc6ccccc6c45)cc3)c3c2sc2ccccc23)cc1. The van der Waals surface area contributed by atoms with Crippen molar-refractivity contribution in [2.75, 3.05) is 4.90 Å². The number of nitrogens with zero attached hydrogens (tertiary/aromatic N) is 1. The fourth-order valence-electron chi connectivity index (χ4n) is 10.1. The van der Waals surface area contributed by atoms with Crippen molar-refractivity contribution in [1.82, 2.24) is 0 Å². The third-order valence-corrected chi connectivity index (χ3v) is 14.5. The van der Waals surface area contributed by atoms with E-state index in [0.717, 1.165) is 50.1 Å². The first-order valence-electron chi connectivity index (χ1n) is 22.8. The highest BCUT2D eigenvalue weighted by Gasteiger charge is 2.22. The van der Waals surface area contributed by atoms with Crippen LogP contribution in [0.3, 0.4) is 0 Å². The van der Waals surface area contributed by atoms with Gasteiger partial charge in [-0.15, -0.1) is 11.3 Å². The number of anilines is 3. The number of para-hydroxylation sites is 1. The van der Waals surface area contributed by atoms with Gasteiger partial charge in [-0.05, 0) is 121 Å². The van der Waals surface area contributed by atoms with Gasteiger partial charge in [-0.25, -0.2) is 0 Å². The zero-order chi connectivity index (χ0) is 44.3. The van der Waals surface area contributed by atoms with Gasteiger partial charge in [0.1, 0.15) is 11.2 Å². The summed E-state index contributed by atoms with van der Waals surface area (Å²) in [7, 11) is 0. The summed E-state index contributed by atoms with van der Waals surface area (Å²) < 4.78 is 8.89. The summed E-state index contributed by atoms with van der Waals surface area (Å²) in [6.07, 6.45) is 0. The van der Waals surface area contributed by atoms with E-state index in [-0.39, 0.29) is 0 Å². The van der Waals surface area contributed by atoms with Crippen LogP contribution in [0, 0.1) is 0 Å². The van der Waals surface area contributed by atoms with Gasteiger partial charge in [0.25, 0.3) is 0 Å². The van der Waals surface area contributed by atoms with Crippen LogP contribution in [-0.4, -0.2) is 0 Å². The molecular formula is C64H41NOS. The van der Waals surface area contributed by atoms with Crippen LogP contribution in [0.4, 0.5) is 17.1 Å². The molecule has 0 saturated heterocycles. The highest BCUT2D eigenvalue weighted by Crippen LogP contribution is 2.49. The predicted molar refractivity (Wildman–Crippen MR) is 286 cm³/mol. The highest BCUT2D eigenvalue weighted by molar-refractivity contribution is 7.26. The largest absolute Gasteiger partial charge is 0.456 e. The topological polar surface area (TPSA) is 16.4 Å². The molecule has 0 N–H and O–H groups in total. The lowest BCUT2D eigenvalue weighted by molar-refractivity contribution is 0.669. The zero-order valence-corrected chi connectivity index (χ0v) is 37.3. The molecular weight excluding hydrogens is 831 g/mol. The Hall–Kier alpha value is -8.50. The maximum Gasteiger partial charge on any atom is 0.136 e. The molecule has 3 heteroatoms. The van der Waals surface area contributed by atoms with Gasteiger partial charge in [0.05, 0.1) is 5.69 Å². The second kappa shape index (κ2) is 16.2. The van der Waals surface area contributed by atoms with Crippen molar-refractivity contribution in [3.63, 3.8) is 0 Å². The van der Waals surface area contributed by atoms with Crippen LogP contribution in [0.5, 0.6) is 0 Å². The molecule has 0 spiro atoms. The minimum atomic E-state index is 0.897. The first-order valence-corrected chi connectivity index (χ1v) is 23.6. The minimum Gasteiger partial charge on any atom is -0.456 e. The van der Waals surface area contributed by atoms with E-state index < -0.39 is 0 Å². The molecule has 67 heavy (non-hydrogen) atoms. The smallest absolute Gasteiger partial charge is 0.136 e. The lowest BCUT2D eigenvalue weighted by atomic mass is 9.92. The van der Waals surface area contributed by atoms with E-state index in [9.17, 15) is 0 Å². The molecule has 0 aliphatic carbocycles. The number of rotatable bonds is 8. The lowest BCUT2D eigenvalue weighted by Gasteiger charge is -2.27. The van der Waals surface area contributed by atoms with E-state index in [1.54, 1.807) is 0 Å². The summed E-state index contributed by atoms with van der Waals surface area (Å²) in [6.45, 7) is 0. The number of benzene rings is 11. The average Bonchev–Trinajstić information content (AvgIpc) is 3.99. The molecule has 2 aromatic heterocycles. The molecule has 0 fully saturated rings. The van der Waals surface area contributed by atoms with E-state index >= 15 is 0 Å². The summed E-state index contributed by atoms with van der Waals surface area (Å²) in [4.78, 5) is 2.44. The van der Waals surface area contributed by atoms with Crippen LogP contribution in [0.2, 0.25) is 0 Å². The second-order valence-electron chi connectivity index (χ2n) is 17.2. The molecule has 0 saturated carbocycles. The maximum atomic E-state index is 6.33. The Labute approximate surface area is 392 Å². The first kappa shape index (κ1) is 38.9. The van der Waals surface area contributed by atoms with E-state index in [2.05, 4.69) is 248 Å². The van der Waals surface area contributed by atoms with Crippen LogP contribution in [0.15, 0.2) is 253 Å². The fraction of sp³-hybridized carbons (Fsp3) is 0. The molecule has 13 aromatic rings. The van der Waals surface area contributed by atoms with Crippen molar-refractivity contribution in [2.45, 2.75) is 0 Å². The predicted octanol–water partition coefficient (Wildman–Crippen LogP) is 18.9. The number of hydrogen-bond acceptors (Lipinski definition) is 3. The number of fused-ring (bicyclic) bond motifs is 7. The van der Waals surface area contributed by atoms with Crippen molar-refractivity contribution in [2.24, 2.45) is 0 Å². The van der Waals surface area contributed by atoms with Gasteiger partial charge in [-0.3, -0.25) is 0 Å². The Morgan fingerprint density at radius 1 is 0.313 bits per heavy atom. The molecule has 2 nitrogen and oxygen atoms in total. The Kier molecular flexibility index (Phi) is 9.40. The summed E-state index contributed by atoms with van der Waals surface area (Å²) in [5.41, 5.74) is 17.0. The molecule has 0 aliphatic rings. The molecule has 0 amide bonds. The second-order valence-corrected chi connectivity index (χ2v) is 18.2. The molecule has 0 aliphatic heterocycles. The molecule has 13 rings (SSSR count). The van der Waals surface area contributed by atoms with Gasteiger partial charge in [-0.2, -0.15) is 0 Å². The van der Waals surface area contributed by atoms with E-state index in [0.29, 0.717) is 0 Å². The molecule has 2 heterocycles. The van der Waals surface area contributed by atoms with Crippen LogP contribution < -0.4 is 4.90 Å². The summed E-state index contributed by atoms with van der Waals surface area (Å²) in [6, 6.07) is 90.1. The van der Waals surface area contributed by atoms with Crippen molar-refractivity contribution in [1.29, 1.82) is 0 Å². The van der Waals surface area contributed by atoms with E-state index in [1.807, 2.05) is 17.4 Å². The van der Waals surface area contributed by atoms with Gasteiger partial charge < -0.3 is 9.32 Å². The standard InChI is InChI=1S/C64H41NOS/c1-2-14-46(15-3-1)53-39-40-58(63-57-20-9-11-24-61(57)67-64(53)63)65(50-35-31-44(32-36-50)43-25-27-45(28-26-43)49-30-29-42-13-4-5-16-48(42)41-49)51-37-33-47(34-38-51)52-17-6-7-18-54(52)55-21-12-23-60-62(55)56-19-8-10-22-59(56)66-60/h1-41H. The van der Waals surface area contributed by atoms with Crippen LogP contribution in [0.1, 0.15) is 0 Å². The van der Waals surface area contributed by atoms with Gasteiger partial charge in [0.15, 0.2) is 0 Å². The zero-order valence-electron chi connectivity index (χ0n) is 36.4. The van der Waals surface area contributed by atoms with E-state index in [1.165, 1.54) is 75.5 Å². The maximum absolute atomic E-state index is 6.33. The highest BCUT2D eigenvalue weighted by atomic mass is 32.1. The third kappa shape index (κ3) is 6.79. The average molecular weight is 872 g/mol. The van der Waals surface area contributed by atoms with Crippen molar-refractivity contribution >= 4 is 81.3 Å². The molecule has 0 atom stereocenters. The van der Waals surface area contributed by atoms with Gasteiger partial charge in [-0.1, -0.05) is 194 Å². The Bertz CT molecular complexity index is 3960. The molecule has 0 unspecified atom stereocenters. The minimum absolute atomic E-state index is 0.897. The van der Waals surface area contributed by atoms with E-state index in [4.69, 9.17) is 4.42 Å². The molecule has 11 aromatic carbocycles. The number of furan rings is 1. The molecule has 0 bridgehead atoms. The fourth-order valence-corrected chi connectivity index (χ4v) is 11.3. The number of hydrogen-bond donors (Lipinski definition) is 0. The normalized spacial score (nSPS) is 11.6. The van der Waals surface area contributed by atoms with Gasteiger partial charge in [0.2, 0.25) is 0 Å². The number of thiophene rings is 1. The summed E-state index contributed by atoms with van der Waals surface area (Å²) in [5, 5.41) is 7.29. The Balaban J connectivity index is 0.929. The van der Waals surface area contributed by atoms with Crippen molar-refractivity contribution in [3.05, 3.63) is 249 Å². The quantitative estimate of drug-likeness (QED) is 0.151. The Morgan fingerprint density at radius 3 is 1.64 bits per heavy atom. The van der Waals surface area contributed by atoms with Gasteiger partial charge >= 0.3 is 0 Å². The monoisotopic (exact) mass is 871 g/mol. The van der Waals surface area contributed by atoms with Gasteiger partial charge in [0, 0.05) is 42.3 Å². The molecule has 314 valence electrons. The lowest BCUT2D eigenvalue weighted by Crippen LogP contribution is -2.10. The summed E-state index contributed by atoms with van der Waals surface area (Å²) in [5.74, 6) is 0. The third-order valence-electron chi connectivity index (χ3n) is 13.3. The summed E-state index contributed by atoms with van der Waals surface area (Å²) >= 11 is 1.87. The van der Waals surface area contributed by atoms with Crippen LogP contribution >= 0.6 is 11.3 Å². The van der Waals surface area contributed by atoms with Crippen molar-refractivity contribution in [3.8, 4) is 55.6 Å². The Morgan fingerprint density at radius 2 is 0.866 bits per heavy atom.